The molecule has 0 unspecified atom stereocenters. The van der Waals surface area contributed by atoms with Crippen LogP contribution in [0.2, 0.25) is 0 Å². The molecule has 2 saturated carbocycles. The molecule has 2 rings (SSSR count). The van der Waals surface area contributed by atoms with Crippen molar-refractivity contribution in [2.45, 2.75) is 64.3 Å². The van der Waals surface area contributed by atoms with E-state index in [4.69, 9.17) is 5.11 Å². The van der Waals surface area contributed by atoms with Crippen LogP contribution in [0.1, 0.15) is 58.3 Å². The lowest BCUT2D eigenvalue weighted by Crippen LogP contribution is -2.43. The molecule has 0 aliphatic heterocycles. The van der Waals surface area contributed by atoms with Crippen molar-refractivity contribution in [3.05, 3.63) is 0 Å². The predicted octanol–water partition coefficient (Wildman–Crippen LogP) is 2.33. The van der Waals surface area contributed by atoms with E-state index >= 15 is 0 Å². The van der Waals surface area contributed by atoms with Crippen molar-refractivity contribution >= 4 is 11.9 Å². The maximum Gasteiger partial charge on any atom is 0.306 e. The number of carbonyl (C=O) groups is 2. The standard InChI is InChI=1S/C14H23NO3/c1-2-14(7-3-4-8-14)13(18)15-11-6-5-10(9-11)12(16)17/h10-11H,2-9H2,1H3,(H,15,18)(H,16,17)/t10-,11+/m1/s1. The van der Waals surface area contributed by atoms with Gasteiger partial charge in [-0.05, 0) is 38.5 Å². The van der Waals surface area contributed by atoms with Crippen LogP contribution < -0.4 is 5.32 Å². The van der Waals surface area contributed by atoms with Crippen LogP contribution in [-0.4, -0.2) is 23.0 Å². The first kappa shape index (κ1) is 13.4. The van der Waals surface area contributed by atoms with E-state index in [2.05, 4.69) is 12.2 Å². The number of rotatable bonds is 4. The van der Waals surface area contributed by atoms with E-state index in [9.17, 15) is 9.59 Å². The molecule has 0 aromatic heterocycles. The Morgan fingerprint density at radius 3 is 2.44 bits per heavy atom. The lowest BCUT2D eigenvalue weighted by Gasteiger charge is -2.28. The highest BCUT2D eigenvalue weighted by atomic mass is 16.4. The molecule has 1 amide bonds. The molecule has 4 heteroatoms. The first-order valence-corrected chi connectivity index (χ1v) is 7.11. The molecule has 0 aromatic carbocycles. The summed E-state index contributed by atoms with van der Waals surface area (Å²) in [5.74, 6) is -0.826. The molecule has 2 fully saturated rings. The summed E-state index contributed by atoms with van der Waals surface area (Å²) in [6.07, 6.45) is 7.26. The minimum Gasteiger partial charge on any atom is -0.481 e. The number of hydrogen-bond acceptors (Lipinski definition) is 2. The van der Waals surface area contributed by atoms with Crippen molar-refractivity contribution in [2.75, 3.05) is 0 Å². The van der Waals surface area contributed by atoms with Gasteiger partial charge < -0.3 is 10.4 Å². The molecule has 2 aliphatic carbocycles. The van der Waals surface area contributed by atoms with Gasteiger partial charge >= 0.3 is 5.97 Å². The number of carboxylic acid groups (broad SMARTS) is 1. The molecule has 102 valence electrons. The molecule has 2 atom stereocenters. The zero-order valence-corrected chi connectivity index (χ0v) is 11.1. The minimum absolute atomic E-state index is 0.0719. The molecular weight excluding hydrogens is 230 g/mol. The lowest BCUT2D eigenvalue weighted by atomic mass is 9.82. The van der Waals surface area contributed by atoms with Crippen molar-refractivity contribution in [2.24, 2.45) is 11.3 Å². The van der Waals surface area contributed by atoms with Gasteiger partial charge in [-0.1, -0.05) is 19.8 Å². The normalized spacial score (nSPS) is 30.3. The highest BCUT2D eigenvalue weighted by Gasteiger charge is 2.41. The number of carbonyl (C=O) groups excluding carboxylic acids is 1. The summed E-state index contributed by atoms with van der Waals surface area (Å²) in [6.45, 7) is 2.08. The second-order valence-corrected chi connectivity index (χ2v) is 5.86. The van der Waals surface area contributed by atoms with E-state index in [1.807, 2.05) is 0 Å². The van der Waals surface area contributed by atoms with Crippen LogP contribution in [0.5, 0.6) is 0 Å². The van der Waals surface area contributed by atoms with Crippen molar-refractivity contribution < 1.29 is 14.7 Å². The molecule has 0 heterocycles. The SMILES string of the molecule is CCC1(C(=O)N[C@H]2CC[C@@H](C(=O)O)C2)CCCC1. The second-order valence-electron chi connectivity index (χ2n) is 5.86. The number of aliphatic carboxylic acids is 1. The van der Waals surface area contributed by atoms with Crippen LogP contribution in [0.3, 0.4) is 0 Å². The Hall–Kier alpha value is -1.06. The smallest absolute Gasteiger partial charge is 0.306 e. The van der Waals surface area contributed by atoms with Crippen molar-refractivity contribution in [1.29, 1.82) is 0 Å². The number of carboxylic acids is 1. The molecular formula is C14H23NO3. The van der Waals surface area contributed by atoms with E-state index in [0.717, 1.165) is 38.5 Å². The fourth-order valence-electron chi connectivity index (χ4n) is 3.47. The van der Waals surface area contributed by atoms with Crippen molar-refractivity contribution in [3.8, 4) is 0 Å². The van der Waals surface area contributed by atoms with Crippen LogP contribution in [0, 0.1) is 11.3 Å². The van der Waals surface area contributed by atoms with Gasteiger partial charge in [-0.15, -0.1) is 0 Å². The highest BCUT2D eigenvalue weighted by molar-refractivity contribution is 5.83. The Bertz CT molecular complexity index is 334. The highest BCUT2D eigenvalue weighted by Crippen LogP contribution is 2.41. The van der Waals surface area contributed by atoms with Crippen LogP contribution in [-0.2, 0) is 9.59 Å². The van der Waals surface area contributed by atoms with Gasteiger partial charge in [0.05, 0.1) is 5.92 Å². The zero-order valence-electron chi connectivity index (χ0n) is 11.1. The number of hydrogen-bond donors (Lipinski definition) is 2. The van der Waals surface area contributed by atoms with E-state index in [1.54, 1.807) is 0 Å². The number of amides is 1. The van der Waals surface area contributed by atoms with Gasteiger partial charge in [-0.25, -0.2) is 0 Å². The summed E-state index contributed by atoms with van der Waals surface area (Å²) in [5.41, 5.74) is -0.165. The van der Waals surface area contributed by atoms with Gasteiger partial charge in [0.15, 0.2) is 0 Å². The molecule has 4 nitrogen and oxygen atoms in total. The van der Waals surface area contributed by atoms with Gasteiger partial charge in [0.1, 0.15) is 0 Å². The van der Waals surface area contributed by atoms with Crippen LogP contribution in [0.15, 0.2) is 0 Å². The van der Waals surface area contributed by atoms with Crippen LogP contribution >= 0.6 is 0 Å². The summed E-state index contributed by atoms with van der Waals surface area (Å²) >= 11 is 0. The first-order valence-electron chi connectivity index (χ1n) is 7.11. The van der Waals surface area contributed by atoms with Gasteiger partial charge in [-0.3, -0.25) is 9.59 Å². The van der Waals surface area contributed by atoms with Gasteiger partial charge in [0.2, 0.25) is 5.91 Å². The summed E-state index contributed by atoms with van der Waals surface area (Å²) < 4.78 is 0. The van der Waals surface area contributed by atoms with Gasteiger partial charge in [0, 0.05) is 11.5 Å². The van der Waals surface area contributed by atoms with Crippen LogP contribution in [0.4, 0.5) is 0 Å². The Labute approximate surface area is 108 Å². The molecule has 0 saturated heterocycles. The summed E-state index contributed by atoms with van der Waals surface area (Å²) in [4.78, 5) is 23.3. The Kier molecular flexibility index (Phi) is 3.93. The third-order valence-electron chi connectivity index (χ3n) is 4.84. The monoisotopic (exact) mass is 253 g/mol. The molecule has 0 bridgehead atoms. The maximum absolute atomic E-state index is 12.4. The fourth-order valence-corrected chi connectivity index (χ4v) is 3.47. The average Bonchev–Trinajstić information content (AvgIpc) is 2.97. The summed E-state index contributed by atoms with van der Waals surface area (Å²) in [5, 5.41) is 12.1. The quantitative estimate of drug-likeness (QED) is 0.808. The molecule has 2 N–H and O–H groups in total. The average molecular weight is 253 g/mol. The maximum atomic E-state index is 12.4. The minimum atomic E-state index is -0.724. The second kappa shape index (κ2) is 5.29. The summed E-state index contributed by atoms with van der Waals surface area (Å²) in [7, 11) is 0. The molecule has 0 aromatic rings. The molecule has 18 heavy (non-hydrogen) atoms. The Morgan fingerprint density at radius 1 is 1.28 bits per heavy atom. The van der Waals surface area contributed by atoms with E-state index in [1.165, 1.54) is 0 Å². The number of nitrogens with one attached hydrogen (secondary N) is 1. The van der Waals surface area contributed by atoms with Gasteiger partial charge in [-0.2, -0.15) is 0 Å². The third-order valence-corrected chi connectivity index (χ3v) is 4.84. The van der Waals surface area contributed by atoms with Gasteiger partial charge in [0.25, 0.3) is 0 Å². The first-order chi connectivity index (χ1) is 8.57. The Morgan fingerprint density at radius 2 is 1.94 bits per heavy atom. The predicted molar refractivity (Wildman–Crippen MR) is 68.1 cm³/mol. The van der Waals surface area contributed by atoms with Crippen molar-refractivity contribution in [3.63, 3.8) is 0 Å². The summed E-state index contributed by atoms with van der Waals surface area (Å²) in [6, 6.07) is 0.0719. The van der Waals surface area contributed by atoms with Crippen molar-refractivity contribution in [1.82, 2.24) is 5.32 Å². The topological polar surface area (TPSA) is 66.4 Å². The molecule has 0 radical (unpaired) electrons. The molecule has 0 spiro atoms. The lowest BCUT2D eigenvalue weighted by molar-refractivity contribution is -0.141. The zero-order chi connectivity index (χ0) is 13.2. The molecule has 2 aliphatic rings. The largest absolute Gasteiger partial charge is 0.481 e. The Balaban J connectivity index is 1.90. The fraction of sp³-hybridized carbons (Fsp3) is 0.857. The van der Waals surface area contributed by atoms with E-state index in [0.29, 0.717) is 12.8 Å². The van der Waals surface area contributed by atoms with E-state index < -0.39 is 5.97 Å². The van der Waals surface area contributed by atoms with E-state index in [-0.39, 0.29) is 23.3 Å². The van der Waals surface area contributed by atoms with Crippen LogP contribution in [0.25, 0.3) is 0 Å². The third kappa shape index (κ3) is 2.52.